The zero-order valence-electron chi connectivity index (χ0n) is 18.9. The number of carboxylic acid groups (broad SMARTS) is 1. The molecule has 5 unspecified atom stereocenters. The molecule has 0 aliphatic rings. The molecule has 0 aliphatic carbocycles. The standard InChI is InChI=1S/C19H34N6O8/c1-8(2)6-12(19(32)33)24-17(30)11(7-14(22)28)23-18(31)15(9(3)26)25-16(29)10(20)4-5-13(21)27/h8-12,15,26H,4-7,20H2,1-3H3,(H2,21,27)(H2,22,28)(H,23,31)(H,24,30)(H,25,29)(H,32,33). The van der Waals surface area contributed by atoms with Crippen LogP contribution in [0, 0.1) is 5.92 Å². The Labute approximate surface area is 191 Å². The lowest BCUT2D eigenvalue weighted by molar-refractivity contribution is -0.143. The molecule has 5 atom stereocenters. The van der Waals surface area contributed by atoms with E-state index >= 15 is 0 Å². The average molecular weight is 475 g/mol. The molecule has 0 aliphatic heterocycles. The Morgan fingerprint density at radius 2 is 1.36 bits per heavy atom. The number of carboxylic acids is 1. The van der Waals surface area contributed by atoms with E-state index in [4.69, 9.17) is 17.2 Å². The van der Waals surface area contributed by atoms with E-state index in [-0.39, 0.29) is 25.2 Å². The summed E-state index contributed by atoms with van der Waals surface area (Å²) in [7, 11) is 0. The van der Waals surface area contributed by atoms with E-state index < -0.39 is 72.2 Å². The van der Waals surface area contributed by atoms with Gasteiger partial charge in [-0.1, -0.05) is 13.8 Å². The average Bonchev–Trinajstić information content (AvgIpc) is 2.67. The largest absolute Gasteiger partial charge is 0.480 e. The van der Waals surface area contributed by atoms with Gasteiger partial charge in [0, 0.05) is 6.42 Å². The van der Waals surface area contributed by atoms with E-state index in [9.17, 15) is 39.0 Å². The minimum atomic E-state index is -1.58. The number of nitrogens with one attached hydrogen (secondary N) is 3. The molecule has 188 valence electrons. The Morgan fingerprint density at radius 3 is 1.79 bits per heavy atom. The minimum Gasteiger partial charge on any atom is -0.480 e. The first kappa shape index (κ1) is 29.7. The fourth-order valence-corrected chi connectivity index (χ4v) is 2.73. The molecule has 0 rings (SSSR count). The summed E-state index contributed by atoms with van der Waals surface area (Å²) >= 11 is 0. The number of aliphatic carboxylic acids is 1. The van der Waals surface area contributed by atoms with Crippen molar-refractivity contribution < 1.29 is 39.0 Å². The predicted molar refractivity (Wildman–Crippen MR) is 115 cm³/mol. The molecule has 0 spiro atoms. The Bertz CT molecular complexity index is 742. The van der Waals surface area contributed by atoms with Gasteiger partial charge in [-0.05, 0) is 25.7 Å². The molecule has 0 saturated heterocycles. The van der Waals surface area contributed by atoms with Crippen LogP contribution in [0.15, 0.2) is 0 Å². The number of amides is 5. The summed E-state index contributed by atoms with van der Waals surface area (Å²) in [5, 5.41) is 25.8. The summed E-state index contributed by atoms with van der Waals surface area (Å²) in [6.07, 6.45) is -2.29. The van der Waals surface area contributed by atoms with Crippen LogP contribution >= 0.6 is 0 Å². The first-order valence-corrected chi connectivity index (χ1v) is 10.3. The maximum Gasteiger partial charge on any atom is 0.326 e. The van der Waals surface area contributed by atoms with Crippen LogP contribution in [-0.2, 0) is 28.8 Å². The third kappa shape index (κ3) is 11.8. The summed E-state index contributed by atoms with van der Waals surface area (Å²) in [4.78, 5) is 71.0. The van der Waals surface area contributed by atoms with Gasteiger partial charge in [-0.2, -0.15) is 0 Å². The molecule has 11 N–H and O–H groups in total. The van der Waals surface area contributed by atoms with Gasteiger partial charge in [0.15, 0.2) is 0 Å². The quantitative estimate of drug-likeness (QED) is 0.116. The number of hydrogen-bond acceptors (Lipinski definition) is 8. The molecule has 0 aromatic rings. The maximum atomic E-state index is 12.7. The highest BCUT2D eigenvalue weighted by molar-refractivity contribution is 5.96. The number of aliphatic hydroxyl groups excluding tert-OH is 1. The van der Waals surface area contributed by atoms with Crippen LogP contribution < -0.4 is 33.2 Å². The second kappa shape index (κ2) is 14.0. The molecule has 0 aromatic carbocycles. The maximum absolute atomic E-state index is 12.7. The van der Waals surface area contributed by atoms with Crippen molar-refractivity contribution in [1.29, 1.82) is 0 Å². The normalized spacial score (nSPS) is 15.5. The number of hydrogen-bond donors (Lipinski definition) is 8. The molecular weight excluding hydrogens is 440 g/mol. The molecule has 0 aromatic heterocycles. The van der Waals surface area contributed by atoms with Gasteiger partial charge in [-0.25, -0.2) is 4.79 Å². The van der Waals surface area contributed by atoms with Crippen LogP contribution in [0.25, 0.3) is 0 Å². The first-order chi connectivity index (χ1) is 15.1. The Balaban J connectivity index is 5.42. The monoisotopic (exact) mass is 474 g/mol. The lowest BCUT2D eigenvalue weighted by atomic mass is 10.0. The molecule has 0 heterocycles. The number of rotatable bonds is 15. The Hall–Kier alpha value is -3.26. The topological polar surface area (TPSA) is 257 Å². The van der Waals surface area contributed by atoms with Crippen molar-refractivity contribution >= 4 is 35.5 Å². The van der Waals surface area contributed by atoms with Crippen LogP contribution in [0.2, 0.25) is 0 Å². The predicted octanol–water partition coefficient (Wildman–Crippen LogP) is -3.58. The Morgan fingerprint density at radius 1 is 0.818 bits per heavy atom. The summed E-state index contributed by atoms with van der Waals surface area (Å²) in [6.45, 7) is 4.68. The molecule has 14 heteroatoms. The highest BCUT2D eigenvalue weighted by Gasteiger charge is 2.33. The summed E-state index contributed by atoms with van der Waals surface area (Å²) in [5.41, 5.74) is 15.8. The Kier molecular flexibility index (Phi) is 12.6. The van der Waals surface area contributed by atoms with Crippen LogP contribution in [0.1, 0.15) is 46.5 Å². The lowest BCUT2D eigenvalue weighted by Gasteiger charge is -2.26. The van der Waals surface area contributed by atoms with E-state index in [2.05, 4.69) is 16.0 Å². The van der Waals surface area contributed by atoms with Crippen LogP contribution in [-0.4, -0.2) is 76.0 Å². The van der Waals surface area contributed by atoms with Crippen molar-refractivity contribution in [3.05, 3.63) is 0 Å². The van der Waals surface area contributed by atoms with Crippen molar-refractivity contribution in [3.8, 4) is 0 Å². The van der Waals surface area contributed by atoms with E-state index in [0.29, 0.717) is 0 Å². The number of carbonyl (C=O) groups excluding carboxylic acids is 5. The molecule has 0 fully saturated rings. The zero-order valence-corrected chi connectivity index (χ0v) is 18.9. The lowest BCUT2D eigenvalue weighted by Crippen LogP contribution is -2.60. The van der Waals surface area contributed by atoms with Crippen molar-refractivity contribution in [2.24, 2.45) is 23.1 Å². The van der Waals surface area contributed by atoms with Crippen LogP contribution in [0.5, 0.6) is 0 Å². The second-order valence-electron chi connectivity index (χ2n) is 8.10. The third-order valence-corrected chi connectivity index (χ3v) is 4.46. The van der Waals surface area contributed by atoms with Crippen molar-refractivity contribution in [2.45, 2.75) is 76.7 Å². The van der Waals surface area contributed by atoms with Crippen LogP contribution in [0.3, 0.4) is 0 Å². The van der Waals surface area contributed by atoms with E-state index in [1.807, 2.05) is 0 Å². The van der Waals surface area contributed by atoms with E-state index in [0.717, 1.165) is 0 Å². The van der Waals surface area contributed by atoms with Gasteiger partial charge < -0.3 is 43.4 Å². The van der Waals surface area contributed by atoms with Crippen molar-refractivity contribution in [3.63, 3.8) is 0 Å². The minimum absolute atomic E-state index is 0.0795. The number of aliphatic hydroxyl groups is 1. The van der Waals surface area contributed by atoms with E-state index in [1.54, 1.807) is 13.8 Å². The molecule has 0 radical (unpaired) electrons. The molecule has 5 amide bonds. The molecule has 0 bridgehead atoms. The van der Waals surface area contributed by atoms with Gasteiger partial charge >= 0.3 is 5.97 Å². The van der Waals surface area contributed by atoms with Gasteiger partial charge in [-0.3, -0.25) is 24.0 Å². The highest BCUT2D eigenvalue weighted by atomic mass is 16.4. The van der Waals surface area contributed by atoms with E-state index in [1.165, 1.54) is 6.92 Å². The highest BCUT2D eigenvalue weighted by Crippen LogP contribution is 2.07. The summed E-state index contributed by atoms with van der Waals surface area (Å²) in [6, 6.07) is -5.62. The third-order valence-electron chi connectivity index (χ3n) is 4.46. The molecule has 14 nitrogen and oxygen atoms in total. The fraction of sp³-hybridized carbons (Fsp3) is 0.684. The smallest absolute Gasteiger partial charge is 0.326 e. The molecular formula is C19H34N6O8. The fourth-order valence-electron chi connectivity index (χ4n) is 2.73. The number of primary amides is 2. The summed E-state index contributed by atoms with van der Waals surface area (Å²) in [5.74, 6) is -5.92. The van der Waals surface area contributed by atoms with Gasteiger partial charge in [0.05, 0.1) is 18.6 Å². The zero-order chi connectivity index (χ0) is 25.9. The van der Waals surface area contributed by atoms with Gasteiger partial charge in [-0.15, -0.1) is 0 Å². The molecule has 33 heavy (non-hydrogen) atoms. The van der Waals surface area contributed by atoms with Crippen molar-refractivity contribution in [2.75, 3.05) is 0 Å². The molecule has 0 saturated carbocycles. The van der Waals surface area contributed by atoms with Gasteiger partial charge in [0.2, 0.25) is 29.5 Å². The number of carbonyl (C=O) groups is 6. The van der Waals surface area contributed by atoms with Gasteiger partial charge in [0.1, 0.15) is 18.1 Å². The second-order valence-corrected chi connectivity index (χ2v) is 8.10. The van der Waals surface area contributed by atoms with Gasteiger partial charge in [0.25, 0.3) is 0 Å². The first-order valence-electron chi connectivity index (χ1n) is 10.3. The SMILES string of the molecule is CC(C)CC(NC(=O)C(CC(N)=O)NC(=O)C(NC(=O)C(N)CCC(N)=O)C(C)O)C(=O)O. The number of nitrogens with two attached hydrogens (primary N) is 3. The van der Waals surface area contributed by atoms with Crippen LogP contribution in [0.4, 0.5) is 0 Å². The van der Waals surface area contributed by atoms with Crippen molar-refractivity contribution in [1.82, 2.24) is 16.0 Å². The summed E-state index contributed by atoms with van der Waals surface area (Å²) < 4.78 is 0.